The number of rotatable bonds is 4. The lowest BCUT2D eigenvalue weighted by Crippen LogP contribution is -2.32. The monoisotopic (exact) mass is 354 g/mol. The highest BCUT2D eigenvalue weighted by atomic mass is 16.5. The zero-order valence-corrected chi connectivity index (χ0v) is 14.8. The van der Waals surface area contributed by atoms with E-state index in [9.17, 15) is 9.59 Å². The van der Waals surface area contributed by atoms with E-state index in [2.05, 4.69) is 20.0 Å². The maximum atomic E-state index is 12.5. The molecule has 7 heteroatoms. The second-order valence-electron chi connectivity index (χ2n) is 6.20. The maximum Gasteiger partial charge on any atom is 0.337 e. The molecule has 0 spiro atoms. The minimum atomic E-state index is -0.385. The van der Waals surface area contributed by atoms with Crippen LogP contribution in [0.2, 0.25) is 0 Å². The topological polar surface area (TPSA) is 84.4 Å². The largest absolute Gasteiger partial charge is 0.465 e. The highest BCUT2D eigenvalue weighted by molar-refractivity contribution is 5.93. The van der Waals surface area contributed by atoms with Crippen LogP contribution in [0.3, 0.4) is 0 Å². The molecule has 1 aromatic heterocycles. The van der Waals surface area contributed by atoms with E-state index in [0.717, 1.165) is 31.6 Å². The van der Waals surface area contributed by atoms with Gasteiger partial charge in [-0.3, -0.25) is 4.79 Å². The first-order valence-corrected chi connectivity index (χ1v) is 8.74. The lowest BCUT2D eigenvalue weighted by Gasteiger charge is -2.19. The molecule has 3 rings (SSSR count). The van der Waals surface area contributed by atoms with Crippen molar-refractivity contribution in [2.45, 2.75) is 25.7 Å². The van der Waals surface area contributed by atoms with E-state index < -0.39 is 0 Å². The minimum absolute atomic E-state index is 0.0131. The summed E-state index contributed by atoms with van der Waals surface area (Å²) in [5, 5.41) is 3.04. The summed E-state index contributed by atoms with van der Waals surface area (Å²) >= 11 is 0. The average Bonchev–Trinajstić information content (AvgIpc) is 2.97. The molecule has 0 saturated carbocycles. The van der Waals surface area contributed by atoms with Crippen molar-refractivity contribution in [3.05, 3.63) is 47.8 Å². The Hall–Kier alpha value is -2.96. The number of nitrogens with one attached hydrogen (secondary N) is 1. The van der Waals surface area contributed by atoms with Crippen molar-refractivity contribution in [2.75, 3.05) is 25.5 Å². The summed E-state index contributed by atoms with van der Waals surface area (Å²) in [4.78, 5) is 34.3. The third-order valence-electron chi connectivity index (χ3n) is 4.35. The number of likely N-dealkylation sites (tertiary alicyclic amines) is 1. The number of methoxy groups -OCH3 is 1. The number of hydrogen-bond acceptors (Lipinski definition) is 6. The van der Waals surface area contributed by atoms with Gasteiger partial charge in [0.2, 0.25) is 5.95 Å². The van der Waals surface area contributed by atoms with Crippen molar-refractivity contribution in [1.29, 1.82) is 0 Å². The molecule has 0 radical (unpaired) electrons. The molecule has 2 heterocycles. The van der Waals surface area contributed by atoms with Crippen LogP contribution in [0.1, 0.15) is 46.4 Å². The number of hydrogen-bond donors (Lipinski definition) is 1. The Bertz CT molecular complexity index is 751. The Morgan fingerprint density at radius 3 is 2.15 bits per heavy atom. The van der Waals surface area contributed by atoms with E-state index >= 15 is 0 Å². The standard InChI is InChI=1S/C19H22N4O3/c1-26-18(25)14-6-8-16(9-7-14)22-19-20-12-15(13-21-19)17(24)23-10-4-2-3-5-11-23/h6-9,12-13H,2-5,10-11H2,1H3,(H,20,21,22). The summed E-state index contributed by atoms with van der Waals surface area (Å²) in [6.07, 6.45) is 7.55. The molecule has 136 valence electrons. The highest BCUT2D eigenvalue weighted by Crippen LogP contribution is 2.16. The second kappa shape index (κ2) is 8.42. The SMILES string of the molecule is COC(=O)c1ccc(Nc2ncc(C(=O)N3CCCCCC3)cn2)cc1. The molecule has 1 aromatic carbocycles. The van der Waals surface area contributed by atoms with Crippen molar-refractivity contribution in [3.8, 4) is 0 Å². The first-order chi connectivity index (χ1) is 12.7. The fraction of sp³-hybridized carbons (Fsp3) is 0.368. The summed E-state index contributed by atoms with van der Waals surface area (Å²) in [5.74, 6) is -0.00621. The quantitative estimate of drug-likeness (QED) is 0.850. The smallest absolute Gasteiger partial charge is 0.337 e. The number of carbonyl (C=O) groups is 2. The summed E-state index contributed by atoms with van der Waals surface area (Å²) in [7, 11) is 1.34. The zero-order chi connectivity index (χ0) is 18.4. The molecule has 0 unspecified atom stereocenters. The third-order valence-corrected chi connectivity index (χ3v) is 4.35. The summed E-state index contributed by atoms with van der Waals surface area (Å²) in [6.45, 7) is 1.59. The molecule has 26 heavy (non-hydrogen) atoms. The lowest BCUT2D eigenvalue weighted by atomic mass is 10.2. The fourth-order valence-corrected chi connectivity index (χ4v) is 2.90. The summed E-state index contributed by atoms with van der Waals surface area (Å²) < 4.78 is 4.67. The molecule has 1 saturated heterocycles. The molecule has 0 atom stereocenters. The van der Waals surface area contributed by atoms with E-state index in [1.54, 1.807) is 36.7 Å². The Kier molecular flexibility index (Phi) is 5.78. The Labute approximate surface area is 152 Å². The Balaban J connectivity index is 1.63. The Morgan fingerprint density at radius 1 is 0.962 bits per heavy atom. The van der Waals surface area contributed by atoms with Gasteiger partial charge >= 0.3 is 5.97 Å². The number of aromatic nitrogens is 2. The molecule has 1 aliphatic rings. The van der Waals surface area contributed by atoms with Gasteiger partial charge in [0, 0.05) is 31.2 Å². The number of carbonyl (C=O) groups excluding carboxylic acids is 2. The van der Waals surface area contributed by atoms with E-state index in [1.807, 2.05) is 4.90 Å². The maximum absolute atomic E-state index is 12.5. The van der Waals surface area contributed by atoms with Crippen LogP contribution in [0.15, 0.2) is 36.7 Å². The summed E-state index contributed by atoms with van der Waals surface area (Å²) in [5.41, 5.74) is 1.71. The third kappa shape index (κ3) is 4.36. The van der Waals surface area contributed by atoms with Gasteiger partial charge in [-0.1, -0.05) is 12.8 Å². The highest BCUT2D eigenvalue weighted by Gasteiger charge is 2.18. The molecule has 0 bridgehead atoms. The van der Waals surface area contributed by atoms with Crippen molar-refractivity contribution in [3.63, 3.8) is 0 Å². The van der Waals surface area contributed by atoms with Gasteiger partial charge in [0.25, 0.3) is 5.91 Å². The van der Waals surface area contributed by atoms with Crippen molar-refractivity contribution >= 4 is 23.5 Å². The van der Waals surface area contributed by atoms with Gasteiger partial charge in [0.05, 0.1) is 18.2 Å². The molecule has 7 nitrogen and oxygen atoms in total. The van der Waals surface area contributed by atoms with Crippen LogP contribution in [-0.4, -0.2) is 46.9 Å². The number of nitrogens with zero attached hydrogens (tertiary/aromatic N) is 3. The average molecular weight is 354 g/mol. The number of esters is 1. The molecule has 0 aliphatic carbocycles. The van der Waals surface area contributed by atoms with E-state index in [0.29, 0.717) is 17.1 Å². The number of anilines is 2. The molecule has 1 N–H and O–H groups in total. The number of benzene rings is 1. The van der Waals surface area contributed by atoms with Gasteiger partial charge < -0.3 is 15.0 Å². The first kappa shape index (κ1) is 17.8. The van der Waals surface area contributed by atoms with Gasteiger partial charge in [-0.15, -0.1) is 0 Å². The van der Waals surface area contributed by atoms with Gasteiger partial charge in [-0.2, -0.15) is 0 Å². The van der Waals surface area contributed by atoms with Crippen molar-refractivity contribution in [2.24, 2.45) is 0 Å². The van der Waals surface area contributed by atoms with Crippen molar-refractivity contribution in [1.82, 2.24) is 14.9 Å². The van der Waals surface area contributed by atoms with Crippen LogP contribution in [0.5, 0.6) is 0 Å². The van der Waals surface area contributed by atoms with Gasteiger partial charge in [0.15, 0.2) is 0 Å². The number of ether oxygens (including phenoxy) is 1. The van der Waals surface area contributed by atoms with Crippen molar-refractivity contribution < 1.29 is 14.3 Å². The molecule has 2 aromatic rings. The van der Waals surface area contributed by atoms with Gasteiger partial charge in [-0.25, -0.2) is 14.8 Å². The molecule has 1 amide bonds. The Morgan fingerprint density at radius 2 is 1.58 bits per heavy atom. The molecular weight excluding hydrogens is 332 g/mol. The van der Waals surface area contributed by atoms with Crippen LogP contribution in [-0.2, 0) is 4.74 Å². The molecule has 1 fully saturated rings. The van der Waals surface area contributed by atoms with Crippen LogP contribution >= 0.6 is 0 Å². The van der Waals surface area contributed by atoms with Crippen LogP contribution in [0.25, 0.3) is 0 Å². The van der Waals surface area contributed by atoms with Gasteiger partial charge in [-0.05, 0) is 37.1 Å². The normalized spacial score (nSPS) is 14.4. The predicted octanol–water partition coefficient (Wildman–Crippen LogP) is 3.02. The van der Waals surface area contributed by atoms with Crippen LogP contribution in [0, 0.1) is 0 Å². The summed E-state index contributed by atoms with van der Waals surface area (Å²) in [6, 6.07) is 6.80. The zero-order valence-electron chi connectivity index (χ0n) is 14.8. The molecule has 1 aliphatic heterocycles. The minimum Gasteiger partial charge on any atom is -0.465 e. The van der Waals surface area contributed by atoms with E-state index in [4.69, 9.17) is 0 Å². The van der Waals surface area contributed by atoms with E-state index in [1.165, 1.54) is 20.0 Å². The predicted molar refractivity (Wildman–Crippen MR) is 97.5 cm³/mol. The van der Waals surface area contributed by atoms with E-state index in [-0.39, 0.29) is 11.9 Å². The van der Waals surface area contributed by atoms with Crippen LogP contribution < -0.4 is 5.32 Å². The molecular formula is C19H22N4O3. The number of amides is 1. The first-order valence-electron chi connectivity index (χ1n) is 8.74. The second-order valence-corrected chi connectivity index (χ2v) is 6.20. The fourth-order valence-electron chi connectivity index (χ4n) is 2.90. The van der Waals surface area contributed by atoms with Crippen LogP contribution in [0.4, 0.5) is 11.6 Å². The lowest BCUT2D eigenvalue weighted by molar-refractivity contribution is 0.0600. The van der Waals surface area contributed by atoms with Gasteiger partial charge in [0.1, 0.15) is 0 Å².